The lowest BCUT2D eigenvalue weighted by Crippen LogP contribution is -2.38. The molecule has 1 amide bonds. The van der Waals surface area contributed by atoms with Crippen molar-refractivity contribution in [1.29, 1.82) is 0 Å². The molecular formula is C19H20N2O. The third-order valence-corrected chi connectivity index (χ3v) is 5.05. The second-order valence-electron chi connectivity index (χ2n) is 6.61. The first-order chi connectivity index (χ1) is 10.6. The molecule has 0 saturated heterocycles. The van der Waals surface area contributed by atoms with E-state index in [9.17, 15) is 4.79 Å². The third-order valence-electron chi connectivity index (χ3n) is 5.05. The zero-order chi connectivity index (χ0) is 15.3. The minimum atomic E-state index is -0.595. The van der Waals surface area contributed by atoms with E-state index in [1.54, 1.807) is 0 Å². The Morgan fingerprint density at radius 1 is 1.14 bits per heavy atom. The summed E-state index contributed by atoms with van der Waals surface area (Å²) in [6.07, 6.45) is 2.35. The van der Waals surface area contributed by atoms with Gasteiger partial charge in [-0.25, -0.2) is 0 Å². The molecule has 3 nitrogen and oxygen atoms in total. The van der Waals surface area contributed by atoms with E-state index >= 15 is 0 Å². The molecule has 0 bridgehead atoms. The van der Waals surface area contributed by atoms with E-state index < -0.39 is 6.04 Å². The highest BCUT2D eigenvalue weighted by molar-refractivity contribution is 6.00. The first-order valence-electron chi connectivity index (χ1n) is 7.84. The molecule has 1 aliphatic heterocycles. The topological polar surface area (TPSA) is 46.3 Å². The lowest BCUT2D eigenvalue weighted by Gasteiger charge is -2.22. The van der Waals surface area contributed by atoms with Gasteiger partial charge in [0.1, 0.15) is 6.04 Å². The maximum atomic E-state index is 12.9. The summed E-state index contributed by atoms with van der Waals surface area (Å²) in [6.45, 7) is 2.81. The van der Waals surface area contributed by atoms with E-state index in [0.717, 1.165) is 17.8 Å². The van der Waals surface area contributed by atoms with Gasteiger partial charge in [0.15, 0.2) is 0 Å². The Morgan fingerprint density at radius 2 is 1.82 bits per heavy atom. The summed E-state index contributed by atoms with van der Waals surface area (Å²) < 4.78 is 0. The second-order valence-corrected chi connectivity index (χ2v) is 6.61. The van der Waals surface area contributed by atoms with Crippen molar-refractivity contribution in [3.63, 3.8) is 0 Å². The van der Waals surface area contributed by atoms with Gasteiger partial charge < -0.3 is 10.6 Å². The van der Waals surface area contributed by atoms with Gasteiger partial charge in [0.05, 0.1) is 0 Å². The van der Waals surface area contributed by atoms with Gasteiger partial charge in [-0.05, 0) is 37.0 Å². The van der Waals surface area contributed by atoms with E-state index in [0.29, 0.717) is 0 Å². The van der Waals surface area contributed by atoms with Gasteiger partial charge in [-0.1, -0.05) is 48.0 Å². The van der Waals surface area contributed by atoms with Crippen molar-refractivity contribution >= 4 is 11.6 Å². The number of nitrogens with two attached hydrogens (primary N) is 1. The van der Waals surface area contributed by atoms with Gasteiger partial charge in [-0.3, -0.25) is 4.79 Å². The Bertz CT molecular complexity index is 731. The molecule has 4 rings (SSSR count). The number of aryl methyl sites for hydroxylation is 1. The molecular weight excluding hydrogens is 272 g/mol. The average molecular weight is 292 g/mol. The summed E-state index contributed by atoms with van der Waals surface area (Å²) >= 11 is 0. The fourth-order valence-corrected chi connectivity index (χ4v) is 3.49. The number of benzene rings is 2. The first-order valence-corrected chi connectivity index (χ1v) is 7.84. The van der Waals surface area contributed by atoms with Crippen LogP contribution in [0.2, 0.25) is 0 Å². The van der Waals surface area contributed by atoms with Crippen LogP contribution in [0, 0.1) is 6.92 Å². The molecule has 2 aromatic carbocycles. The molecule has 2 aromatic rings. The Hall–Kier alpha value is -2.13. The quantitative estimate of drug-likeness (QED) is 0.924. The fraction of sp³-hybridized carbons (Fsp3) is 0.316. The van der Waals surface area contributed by atoms with Crippen LogP contribution >= 0.6 is 0 Å². The minimum absolute atomic E-state index is 0.0000723. The predicted molar refractivity (Wildman–Crippen MR) is 87.8 cm³/mol. The SMILES string of the molecule is Cc1ccc(C(N)C(=O)N2CC3(CC3)c3ccccc32)cc1. The molecule has 1 saturated carbocycles. The van der Waals surface area contributed by atoms with Crippen molar-refractivity contribution in [2.75, 3.05) is 11.4 Å². The van der Waals surface area contributed by atoms with Crippen LogP contribution in [-0.4, -0.2) is 12.5 Å². The summed E-state index contributed by atoms with van der Waals surface area (Å²) in [4.78, 5) is 14.8. The van der Waals surface area contributed by atoms with Crippen LogP contribution in [0.3, 0.4) is 0 Å². The number of fused-ring (bicyclic) bond motifs is 2. The molecule has 1 fully saturated rings. The second kappa shape index (κ2) is 4.68. The zero-order valence-corrected chi connectivity index (χ0v) is 12.8. The number of rotatable bonds is 2. The number of para-hydroxylation sites is 1. The molecule has 0 aromatic heterocycles. The molecule has 3 heteroatoms. The molecule has 2 aliphatic rings. The van der Waals surface area contributed by atoms with Gasteiger partial charge in [-0.2, -0.15) is 0 Å². The molecule has 1 unspecified atom stereocenters. The number of hydrogen-bond donors (Lipinski definition) is 1. The number of nitrogens with zero attached hydrogens (tertiary/aromatic N) is 1. The predicted octanol–water partition coefficient (Wildman–Crippen LogP) is 3.07. The molecule has 0 radical (unpaired) electrons. The van der Waals surface area contributed by atoms with E-state index in [2.05, 4.69) is 12.1 Å². The van der Waals surface area contributed by atoms with E-state index in [1.165, 1.54) is 24.0 Å². The van der Waals surface area contributed by atoms with Crippen molar-refractivity contribution in [1.82, 2.24) is 0 Å². The monoisotopic (exact) mass is 292 g/mol. The third kappa shape index (κ3) is 1.97. The smallest absolute Gasteiger partial charge is 0.248 e. The highest BCUT2D eigenvalue weighted by Gasteiger charge is 2.53. The van der Waals surface area contributed by atoms with Crippen molar-refractivity contribution in [3.05, 3.63) is 65.2 Å². The number of carbonyl (C=O) groups is 1. The zero-order valence-electron chi connectivity index (χ0n) is 12.8. The molecule has 1 atom stereocenters. The largest absolute Gasteiger partial charge is 0.316 e. The van der Waals surface area contributed by atoms with Crippen molar-refractivity contribution in [2.45, 2.75) is 31.2 Å². The van der Waals surface area contributed by atoms with Gasteiger partial charge in [-0.15, -0.1) is 0 Å². The summed E-state index contributed by atoms with van der Waals surface area (Å²) in [5.74, 6) is 0.0000723. The highest BCUT2D eigenvalue weighted by Crippen LogP contribution is 2.56. The summed E-state index contributed by atoms with van der Waals surface area (Å²) in [5, 5.41) is 0. The molecule has 2 N–H and O–H groups in total. The van der Waals surface area contributed by atoms with E-state index in [-0.39, 0.29) is 11.3 Å². The van der Waals surface area contributed by atoms with Crippen molar-refractivity contribution in [2.24, 2.45) is 5.73 Å². The van der Waals surface area contributed by atoms with Crippen LogP contribution in [0.15, 0.2) is 48.5 Å². The number of carbonyl (C=O) groups excluding carboxylic acids is 1. The van der Waals surface area contributed by atoms with Crippen LogP contribution < -0.4 is 10.6 Å². The molecule has 1 aliphatic carbocycles. The lowest BCUT2D eigenvalue weighted by molar-refractivity contribution is -0.119. The summed E-state index contributed by atoms with van der Waals surface area (Å²) in [5.41, 5.74) is 10.9. The molecule has 112 valence electrons. The van der Waals surface area contributed by atoms with Crippen LogP contribution in [0.25, 0.3) is 0 Å². The van der Waals surface area contributed by atoms with E-state index in [1.807, 2.05) is 48.2 Å². The van der Waals surface area contributed by atoms with Crippen LogP contribution in [-0.2, 0) is 10.2 Å². The maximum Gasteiger partial charge on any atom is 0.248 e. The van der Waals surface area contributed by atoms with Crippen molar-refractivity contribution < 1.29 is 4.79 Å². The average Bonchev–Trinajstić information content (AvgIpc) is 3.25. The highest BCUT2D eigenvalue weighted by atomic mass is 16.2. The van der Waals surface area contributed by atoms with Gasteiger partial charge in [0.25, 0.3) is 0 Å². The van der Waals surface area contributed by atoms with E-state index in [4.69, 9.17) is 5.73 Å². The normalized spacial score (nSPS) is 19.1. The van der Waals surface area contributed by atoms with Crippen molar-refractivity contribution in [3.8, 4) is 0 Å². The first kappa shape index (κ1) is 13.5. The Kier molecular flexibility index (Phi) is 2.88. The fourth-order valence-electron chi connectivity index (χ4n) is 3.49. The standard InChI is InChI=1S/C19H20N2O/c1-13-6-8-14(9-7-13)17(20)18(22)21-12-19(10-11-19)15-4-2-3-5-16(15)21/h2-9,17H,10-12,20H2,1H3. The Balaban J connectivity index is 1.65. The van der Waals surface area contributed by atoms with Crippen LogP contribution in [0.1, 0.15) is 35.6 Å². The molecule has 22 heavy (non-hydrogen) atoms. The maximum absolute atomic E-state index is 12.9. The molecule has 1 heterocycles. The van der Waals surface area contributed by atoms with Gasteiger partial charge in [0.2, 0.25) is 5.91 Å². The number of anilines is 1. The Morgan fingerprint density at radius 3 is 2.50 bits per heavy atom. The number of hydrogen-bond acceptors (Lipinski definition) is 2. The summed E-state index contributed by atoms with van der Waals surface area (Å²) in [6, 6.07) is 15.6. The molecule has 1 spiro atoms. The summed E-state index contributed by atoms with van der Waals surface area (Å²) in [7, 11) is 0. The van der Waals surface area contributed by atoms with Crippen LogP contribution in [0.5, 0.6) is 0 Å². The minimum Gasteiger partial charge on any atom is -0.316 e. The number of amides is 1. The Labute approximate surface area is 130 Å². The van der Waals surface area contributed by atoms with Gasteiger partial charge in [0, 0.05) is 17.6 Å². The van der Waals surface area contributed by atoms with Crippen LogP contribution in [0.4, 0.5) is 5.69 Å². The van der Waals surface area contributed by atoms with Gasteiger partial charge >= 0.3 is 0 Å². The lowest BCUT2D eigenvalue weighted by atomic mass is 9.99.